The van der Waals surface area contributed by atoms with Gasteiger partial charge in [-0.2, -0.15) is 5.10 Å². The topological polar surface area (TPSA) is 88.0 Å². The van der Waals surface area contributed by atoms with Gasteiger partial charge >= 0.3 is 0 Å². The Kier molecular flexibility index (Phi) is 4.78. The van der Waals surface area contributed by atoms with E-state index in [0.717, 1.165) is 0 Å². The van der Waals surface area contributed by atoms with Crippen LogP contribution in [0.4, 0.5) is 10.2 Å². The van der Waals surface area contributed by atoms with Crippen LogP contribution in [0.25, 0.3) is 5.69 Å². The average molecular weight is 359 g/mol. The number of carbonyl (C=O) groups excluding carboxylic acids is 2. The third-order valence-corrected chi connectivity index (χ3v) is 4.41. The molecule has 1 aliphatic heterocycles. The lowest BCUT2D eigenvalue weighted by molar-refractivity contribution is -0.122. The van der Waals surface area contributed by atoms with Gasteiger partial charge in [-0.3, -0.25) is 14.9 Å². The van der Waals surface area contributed by atoms with Crippen molar-refractivity contribution in [1.82, 2.24) is 20.4 Å². The van der Waals surface area contributed by atoms with Gasteiger partial charge in [0.1, 0.15) is 17.3 Å². The molecule has 3 N–H and O–H groups in total. The molecule has 3 rings (SSSR count). The number of rotatable bonds is 5. The quantitative estimate of drug-likeness (QED) is 0.752. The zero-order valence-electron chi connectivity index (χ0n) is 15.0. The van der Waals surface area contributed by atoms with Crippen molar-refractivity contribution in [3.63, 3.8) is 0 Å². The van der Waals surface area contributed by atoms with Crippen molar-refractivity contribution in [3.05, 3.63) is 41.8 Å². The molecule has 1 saturated heterocycles. The molecule has 1 fully saturated rings. The number of nitrogens with zero attached hydrogens (tertiary/aromatic N) is 2. The number of aromatic nitrogens is 2. The van der Waals surface area contributed by atoms with Gasteiger partial charge in [-0.15, -0.1) is 0 Å². The van der Waals surface area contributed by atoms with Crippen LogP contribution < -0.4 is 16.0 Å². The Morgan fingerprint density at radius 1 is 1.42 bits per heavy atom. The fourth-order valence-corrected chi connectivity index (χ4v) is 3.02. The highest BCUT2D eigenvalue weighted by molar-refractivity contribution is 5.93. The number of aryl methyl sites for hydroxylation is 1. The highest BCUT2D eigenvalue weighted by atomic mass is 19.1. The standard InChI is InChI=1S/C18H22FN5O2/c1-11-8-14(24(23-11)13-7-5-4-6-12(13)19)22-15(25)9-20-16-17(26)21-10-18(16,2)3/h4-8,16,20H,9-10H2,1-3H3,(H,21,26)(H,22,25). The maximum atomic E-state index is 14.1. The molecule has 1 aliphatic rings. The van der Waals surface area contributed by atoms with Crippen LogP contribution in [0.5, 0.6) is 0 Å². The Bertz CT molecular complexity index is 846. The van der Waals surface area contributed by atoms with Gasteiger partial charge in [0.2, 0.25) is 11.8 Å². The fraction of sp³-hybridized carbons (Fsp3) is 0.389. The Balaban J connectivity index is 1.71. The van der Waals surface area contributed by atoms with E-state index in [1.807, 2.05) is 13.8 Å². The van der Waals surface area contributed by atoms with Gasteiger partial charge in [-0.05, 0) is 19.1 Å². The Hall–Kier alpha value is -2.74. The van der Waals surface area contributed by atoms with Gasteiger partial charge in [0.25, 0.3) is 0 Å². The van der Waals surface area contributed by atoms with E-state index in [1.54, 1.807) is 31.2 Å². The summed E-state index contributed by atoms with van der Waals surface area (Å²) in [6.07, 6.45) is 0. The number of hydrogen-bond donors (Lipinski definition) is 3. The van der Waals surface area contributed by atoms with E-state index in [-0.39, 0.29) is 29.5 Å². The predicted octanol–water partition coefficient (Wildman–Crippen LogP) is 1.37. The van der Waals surface area contributed by atoms with E-state index in [0.29, 0.717) is 18.1 Å². The molecule has 0 radical (unpaired) electrons. The first-order chi connectivity index (χ1) is 12.3. The lowest BCUT2D eigenvalue weighted by Gasteiger charge is -2.24. The van der Waals surface area contributed by atoms with Crippen LogP contribution in [0.3, 0.4) is 0 Å². The number of para-hydroxylation sites is 1. The molecule has 138 valence electrons. The SMILES string of the molecule is Cc1cc(NC(=O)CNC2C(=O)NCC2(C)C)n(-c2ccccc2F)n1. The summed E-state index contributed by atoms with van der Waals surface area (Å²) in [6.45, 7) is 6.19. The molecule has 2 heterocycles. The van der Waals surface area contributed by atoms with Gasteiger partial charge in [0.05, 0.1) is 18.3 Å². The average Bonchev–Trinajstić information content (AvgIpc) is 3.05. The highest BCUT2D eigenvalue weighted by Crippen LogP contribution is 2.24. The summed E-state index contributed by atoms with van der Waals surface area (Å²) in [5, 5.41) is 12.7. The molecule has 1 atom stereocenters. The summed E-state index contributed by atoms with van der Waals surface area (Å²) in [5.74, 6) is -0.517. The van der Waals surface area contributed by atoms with Crippen molar-refractivity contribution < 1.29 is 14.0 Å². The summed E-state index contributed by atoms with van der Waals surface area (Å²) in [6, 6.07) is 7.43. The lowest BCUT2D eigenvalue weighted by Crippen LogP contribution is -2.46. The van der Waals surface area contributed by atoms with Gasteiger partial charge in [0, 0.05) is 18.0 Å². The number of nitrogens with one attached hydrogen (secondary N) is 3. The molecular weight excluding hydrogens is 337 g/mol. The summed E-state index contributed by atoms with van der Waals surface area (Å²) in [7, 11) is 0. The molecule has 0 saturated carbocycles. The van der Waals surface area contributed by atoms with E-state index in [4.69, 9.17) is 0 Å². The van der Waals surface area contributed by atoms with Crippen LogP contribution in [0.15, 0.2) is 30.3 Å². The maximum absolute atomic E-state index is 14.1. The summed E-state index contributed by atoms with van der Waals surface area (Å²) < 4.78 is 15.4. The first kappa shape index (κ1) is 18.1. The van der Waals surface area contributed by atoms with Crippen LogP contribution in [0, 0.1) is 18.2 Å². The highest BCUT2D eigenvalue weighted by Gasteiger charge is 2.41. The number of benzene rings is 1. The van der Waals surface area contributed by atoms with Crippen LogP contribution in [0.1, 0.15) is 19.5 Å². The normalized spacial score (nSPS) is 18.6. The molecule has 1 unspecified atom stereocenters. The van der Waals surface area contributed by atoms with Crippen molar-refractivity contribution in [1.29, 1.82) is 0 Å². The monoisotopic (exact) mass is 359 g/mol. The fourth-order valence-electron chi connectivity index (χ4n) is 3.02. The van der Waals surface area contributed by atoms with Crippen molar-refractivity contribution >= 4 is 17.6 Å². The summed E-state index contributed by atoms with van der Waals surface area (Å²) >= 11 is 0. The van der Waals surface area contributed by atoms with E-state index in [2.05, 4.69) is 21.0 Å². The Morgan fingerprint density at radius 3 is 2.81 bits per heavy atom. The third kappa shape index (κ3) is 3.60. The van der Waals surface area contributed by atoms with E-state index in [9.17, 15) is 14.0 Å². The number of halogens is 1. The maximum Gasteiger partial charge on any atom is 0.239 e. The molecule has 1 aromatic carbocycles. The zero-order chi connectivity index (χ0) is 18.9. The number of amides is 2. The lowest BCUT2D eigenvalue weighted by atomic mass is 9.87. The van der Waals surface area contributed by atoms with E-state index < -0.39 is 11.9 Å². The van der Waals surface area contributed by atoms with Crippen molar-refractivity contribution in [2.24, 2.45) is 5.41 Å². The molecule has 7 nitrogen and oxygen atoms in total. The second kappa shape index (κ2) is 6.87. The molecule has 8 heteroatoms. The van der Waals surface area contributed by atoms with Gasteiger partial charge < -0.3 is 10.6 Å². The van der Waals surface area contributed by atoms with Crippen molar-refractivity contribution in [2.75, 3.05) is 18.4 Å². The minimum Gasteiger partial charge on any atom is -0.354 e. The molecule has 2 amide bonds. The Labute approximate surface area is 151 Å². The van der Waals surface area contributed by atoms with Crippen LogP contribution >= 0.6 is 0 Å². The van der Waals surface area contributed by atoms with Gasteiger partial charge in [0.15, 0.2) is 0 Å². The third-order valence-electron chi connectivity index (χ3n) is 4.41. The zero-order valence-corrected chi connectivity index (χ0v) is 15.0. The molecule has 2 aromatic rings. The van der Waals surface area contributed by atoms with E-state index in [1.165, 1.54) is 10.7 Å². The van der Waals surface area contributed by atoms with Crippen molar-refractivity contribution in [2.45, 2.75) is 26.8 Å². The molecule has 26 heavy (non-hydrogen) atoms. The predicted molar refractivity (Wildman–Crippen MR) is 95.5 cm³/mol. The number of carbonyl (C=O) groups is 2. The number of hydrogen-bond acceptors (Lipinski definition) is 4. The molecule has 1 aromatic heterocycles. The summed E-state index contributed by atoms with van der Waals surface area (Å²) in [5.41, 5.74) is 0.621. The van der Waals surface area contributed by atoms with Crippen molar-refractivity contribution in [3.8, 4) is 5.69 Å². The largest absolute Gasteiger partial charge is 0.354 e. The Morgan fingerprint density at radius 2 is 2.15 bits per heavy atom. The minimum absolute atomic E-state index is 0.0387. The molecular formula is C18H22FN5O2. The first-order valence-corrected chi connectivity index (χ1v) is 8.40. The minimum atomic E-state index is -0.438. The second-order valence-corrected chi connectivity index (χ2v) is 7.10. The van der Waals surface area contributed by atoms with Gasteiger partial charge in [-0.1, -0.05) is 26.0 Å². The van der Waals surface area contributed by atoms with Gasteiger partial charge in [-0.25, -0.2) is 9.07 Å². The molecule has 0 bridgehead atoms. The molecule has 0 aliphatic carbocycles. The summed E-state index contributed by atoms with van der Waals surface area (Å²) in [4.78, 5) is 24.2. The number of anilines is 1. The van der Waals surface area contributed by atoms with E-state index >= 15 is 0 Å². The first-order valence-electron chi connectivity index (χ1n) is 8.40. The van der Waals surface area contributed by atoms with Crippen LogP contribution in [-0.4, -0.2) is 40.7 Å². The smallest absolute Gasteiger partial charge is 0.239 e. The molecule has 0 spiro atoms. The van der Waals surface area contributed by atoms with Crippen LogP contribution in [-0.2, 0) is 9.59 Å². The van der Waals surface area contributed by atoms with Crippen LogP contribution in [0.2, 0.25) is 0 Å². The second-order valence-electron chi connectivity index (χ2n) is 7.10.